The van der Waals surface area contributed by atoms with E-state index in [1.807, 2.05) is 11.8 Å². The Morgan fingerprint density at radius 3 is 2.69 bits per heavy atom. The zero-order chi connectivity index (χ0) is 9.57. The summed E-state index contributed by atoms with van der Waals surface area (Å²) < 4.78 is 5.36. The third-order valence-corrected chi connectivity index (χ3v) is 3.35. The van der Waals surface area contributed by atoms with E-state index in [1.165, 1.54) is 18.6 Å². The van der Waals surface area contributed by atoms with E-state index in [9.17, 15) is 0 Å². The SMILES string of the molecule is CSCCNCC1(C)CCOCC1. The number of ether oxygens (including phenoxy) is 1. The van der Waals surface area contributed by atoms with E-state index in [-0.39, 0.29) is 0 Å². The van der Waals surface area contributed by atoms with Gasteiger partial charge in [0.1, 0.15) is 0 Å². The molecule has 0 aromatic rings. The van der Waals surface area contributed by atoms with Crippen LogP contribution in [0.25, 0.3) is 0 Å². The van der Waals surface area contributed by atoms with Gasteiger partial charge in [0, 0.05) is 32.1 Å². The van der Waals surface area contributed by atoms with E-state index >= 15 is 0 Å². The van der Waals surface area contributed by atoms with Gasteiger partial charge >= 0.3 is 0 Å². The van der Waals surface area contributed by atoms with E-state index in [0.717, 1.165) is 26.3 Å². The fraction of sp³-hybridized carbons (Fsp3) is 1.00. The summed E-state index contributed by atoms with van der Waals surface area (Å²) in [5.74, 6) is 1.21. The summed E-state index contributed by atoms with van der Waals surface area (Å²) in [7, 11) is 0. The number of rotatable bonds is 5. The predicted octanol–water partition coefficient (Wildman–Crippen LogP) is 1.76. The highest BCUT2D eigenvalue weighted by Gasteiger charge is 2.26. The van der Waals surface area contributed by atoms with Crippen LogP contribution in [0.1, 0.15) is 19.8 Å². The van der Waals surface area contributed by atoms with Gasteiger partial charge in [0.05, 0.1) is 0 Å². The Morgan fingerprint density at radius 2 is 2.08 bits per heavy atom. The molecule has 0 aromatic carbocycles. The van der Waals surface area contributed by atoms with Crippen LogP contribution in [0.5, 0.6) is 0 Å². The summed E-state index contributed by atoms with van der Waals surface area (Å²) in [6.45, 7) is 6.54. The Hall–Kier alpha value is 0.270. The smallest absolute Gasteiger partial charge is 0.0471 e. The van der Waals surface area contributed by atoms with Crippen molar-refractivity contribution < 1.29 is 4.74 Å². The summed E-state index contributed by atoms with van der Waals surface area (Å²) in [6.07, 6.45) is 4.57. The molecule has 0 radical (unpaired) electrons. The molecule has 0 unspecified atom stereocenters. The van der Waals surface area contributed by atoms with Gasteiger partial charge in [-0.1, -0.05) is 6.92 Å². The minimum Gasteiger partial charge on any atom is -0.381 e. The molecule has 1 N–H and O–H groups in total. The topological polar surface area (TPSA) is 21.3 Å². The maximum absolute atomic E-state index is 5.36. The normalized spacial score (nSPS) is 21.7. The molecule has 1 fully saturated rings. The standard InChI is InChI=1S/C10H21NOS/c1-10(3-6-12-7-4-10)9-11-5-8-13-2/h11H,3-9H2,1-2H3. The van der Waals surface area contributed by atoms with Crippen LogP contribution in [0.2, 0.25) is 0 Å². The summed E-state index contributed by atoms with van der Waals surface area (Å²) in [5.41, 5.74) is 0.483. The van der Waals surface area contributed by atoms with Gasteiger partial charge in [-0.25, -0.2) is 0 Å². The molecular weight excluding hydrogens is 182 g/mol. The van der Waals surface area contributed by atoms with Gasteiger partial charge in [-0.15, -0.1) is 0 Å². The van der Waals surface area contributed by atoms with E-state index in [1.54, 1.807) is 0 Å². The predicted molar refractivity (Wildman–Crippen MR) is 59.4 cm³/mol. The summed E-state index contributed by atoms with van der Waals surface area (Å²) in [6, 6.07) is 0. The Balaban J connectivity index is 2.10. The Kier molecular flexibility index (Phi) is 5.14. The zero-order valence-electron chi connectivity index (χ0n) is 8.77. The van der Waals surface area contributed by atoms with Crippen molar-refractivity contribution >= 4 is 11.8 Å². The number of hydrogen-bond donors (Lipinski definition) is 1. The molecule has 3 heteroatoms. The number of hydrogen-bond acceptors (Lipinski definition) is 3. The van der Waals surface area contributed by atoms with Crippen molar-refractivity contribution in [3.63, 3.8) is 0 Å². The minimum atomic E-state index is 0.483. The van der Waals surface area contributed by atoms with Gasteiger partial charge in [0.25, 0.3) is 0 Å². The Bertz CT molecular complexity index is 135. The van der Waals surface area contributed by atoms with E-state index in [4.69, 9.17) is 4.74 Å². The number of thioether (sulfide) groups is 1. The second-order valence-corrected chi connectivity index (χ2v) is 5.08. The first-order chi connectivity index (χ1) is 6.27. The van der Waals surface area contributed by atoms with Crippen molar-refractivity contribution in [2.45, 2.75) is 19.8 Å². The van der Waals surface area contributed by atoms with Crippen molar-refractivity contribution in [3.8, 4) is 0 Å². The van der Waals surface area contributed by atoms with Gasteiger partial charge < -0.3 is 10.1 Å². The van der Waals surface area contributed by atoms with Crippen LogP contribution >= 0.6 is 11.8 Å². The third-order valence-electron chi connectivity index (χ3n) is 2.73. The van der Waals surface area contributed by atoms with E-state index in [0.29, 0.717) is 5.41 Å². The highest BCUT2D eigenvalue weighted by molar-refractivity contribution is 7.98. The monoisotopic (exact) mass is 203 g/mol. The fourth-order valence-corrected chi connectivity index (χ4v) is 1.95. The highest BCUT2D eigenvalue weighted by Crippen LogP contribution is 2.28. The lowest BCUT2D eigenvalue weighted by molar-refractivity contribution is 0.0244. The van der Waals surface area contributed by atoms with Crippen molar-refractivity contribution in [1.82, 2.24) is 5.32 Å². The molecule has 0 spiro atoms. The lowest BCUT2D eigenvalue weighted by Gasteiger charge is -2.33. The van der Waals surface area contributed by atoms with Crippen LogP contribution in [0.3, 0.4) is 0 Å². The van der Waals surface area contributed by atoms with Crippen LogP contribution in [0, 0.1) is 5.41 Å². The highest BCUT2D eigenvalue weighted by atomic mass is 32.2. The quantitative estimate of drug-likeness (QED) is 0.688. The van der Waals surface area contributed by atoms with Crippen molar-refractivity contribution in [2.75, 3.05) is 38.3 Å². The molecule has 0 aromatic heterocycles. The van der Waals surface area contributed by atoms with Crippen LogP contribution < -0.4 is 5.32 Å². The molecule has 0 bridgehead atoms. The molecule has 1 heterocycles. The molecule has 78 valence electrons. The average molecular weight is 203 g/mol. The van der Waals surface area contributed by atoms with Gasteiger partial charge in [-0.2, -0.15) is 11.8 Å². The zero-order valence-corrected chi connectivity index (χ0v) is 9.58. The lowest BCUT2D eigenvalue weighted by Crippen LogP contribution is -2.37. The third kappa shape index (κ3) is 4.34. The second kappa shape index (κ2) is 5.89. The number of nitrogens with one attached hydrogen (secondary N) is 1. The molecule has 0 amide bonds. The summed E-state index contributed by atoms with van der Waals surface area (Å²) in [4.78, 5) is 0. The second-order valence-electron chi connectivity index (χ2n) is 4.09. The molecule has 1 rings (SSSR count). The summed E-state index contributed by atoms with van der Waals surface area (Å²) in [5, 5.41) is 3.52. The van der Waals surface area contributed by atoms with Crippen LogP contribution in [0.4, 0.5) is 0 Å². The molecule has 2 nitrogen and oxygen atoms in total. The Labute approximate surface area is 85.8 Å². The maximum Gasteiger partial charge on any atom is 0.0471 e. The molecule has 1 aliphatic heterocycles. The minimum absolute atomic E-state index is 0.483. The molecule has 1 aliphatic rings. The first-order valence-corrected chi connectivity index (χ1v) is 6.44. The lowest BCUT2D eigenvalue weighted by atomic mass is 9.82. The fourth-order valence-electron chi connectivity index (χ4n) is 1.61. The van der Waals surface area contributed by atoms with Crippen LogP contribution in [-0.2, 0) is 4.74 Å². The van der Waals surface area contributed by atoms with Crippen molar-refractivity contribution in [1.29, 1.82) is 0 Å². The van der Waals surface area contributed by atoms with Crippen LogP contribution in [0.15, 0.2) is 0 Å². The maximum atomic E-state index is 5.36. The first-order valence-electron chi connectivity index (χ1n) is 5.04. The van der Waals surface area contributed by atoms with Gasteiger partial charge in [-0.3, -0.25) is 0 Å². The molecule has 13 heavy (non-hydrogen) atoms. The van der Waals surface area contributed by atoms with Crippen molar-refractivity contribution in [3.05, 3.63) is 0 Å². The van der Waals surface area contributed by atoms with Crippen LogP contribution in [-0.4, -0.2) is 38.3 Å². The Morgan fingerprint density at radius 1 is 1.38 bits per heavy atom. The molecule has 0 saturated carbocycles. The first kappa shape index (κ1) is 11.3. The molecule has 0 atom stereocenters. The average Bonchev–Trinajstić information content (AvgIpc) is 2.14. The molecule has 1 saturated heterocycles. The largest absolute Gasteiger partial charge is 0.381 e. The van der Waals surface area contributed by atoms with E-state index in [2.05, 4.69) is 18.5 Å². The van der Waals surface area contributed by atoms with E-state index < -0.39 is 0 Å². The molecular formula is C10H21NOS. The van der Waals surface area contributed by atoms with Gasteiger partial charge in [0.15, 0.2) is 0 Å². The molecule has 0 aliphatic carbocycles. The van der Waals surface area contributed by atoms with Gasteiger partial charge in [-0.05, 0) is 24.5 Å². The van der Waals surface area contributed by atoms with Crippen molar-refractivity contribution in [2.24, 2.45) is 5.41 Å². The summed E-state index contributed by atoms with van der Waals surface area (Å²) >= 11 is 1.90. The van der Waals surface area contributed by atoms with Gasteiger partial charge in [0.2, 0.25) is 0 Å².